The van der Waals surface area contributed by atoms with Crippen molar-refractivity contribution in [2.75, 3.05) is 0 Å². The Morgan fingerprint density at radius 1 is 0.833 bits per heavy atom. The molecule has 0 radical (unpaired) electrons. The van der Waals surface area contributed by atoms with Gasteiger partial charge < -0.3 is 15.0 Å². The highest BCUT2D eigenvalue weighted by Gasteiger charge is 2.24. The summed E-state index contributed by atoms with van der Waals surface area (Å²) in [7, 11) is 0. The van der Waals surface area contributed by atoms with Crippen molar-refractivity contribution in [2.45, 2.75) is 19.1 Å². The molecule has 2 N–H and O–H groups in total. The molecular formula is C25H22N2O3. The number of fused-ring (bicyclic) bond motifs is 1. The first-order valence-electron chi connectivity index (χ1n) is 9.81. The van der Waals surface area contributed by atoms with Crippen molar-refractivity contribution in [1.29, 1.82) is 0 Å². The Labute approximate surface area is 174 Å². The van der Waals surface area contributed by atoms with Crippen molar-refractivity contribution < 1.29 is 14.3 Å². The maximum absolute atomic E-state index is 12.9. The zero-order valence-corrected chi connectivity index (χ0v) is 16.5. The number of para-hydroxylation sites is 1. The van der Waals surface area contributed by atoms with Crippen LogP contribution in [0.25, 0.3) is 10.9 Å². The Morgan fingerprint density at radius 2 is 1.40 bits per heavy atom. The van der Waals surface area contributed by atoms with Crippen LogP contribution in [0.15, 0.2) is 91.1 Å². The van der Waals surface area contributed by atoms with Gasteiger partial charge in [-0.2, -0.15) is 0 Å². The second-order valence-corrected chi connectivity index (χ2v) is 7.06. The van der Waals surface area contributed by atoms with Crippen molar-refractivity contribution in [3.05, 3.63) is 108 Å². The highest BCUT2D eigenvalue weighted by molar-refractivity contribution is 6.04. The molecule has 1 amide bonds. The molecule has 1 atom stereocenters. The van der Waals surface area contributed by atoms with Crippen LogP contribution in [0.2, 0.25) is 0 Å². The van der Waals surface area contributed by atoms with Crippen molar-refractivity contribution in [1.82, 2.24) is 10.3 Å². The number of ether oxygens (including phenoxy) is 1. The number of carbonyl (C=O) groups excluding carboxylic acids is 2. The van der Waals surface area contributed by atoms with Crippen LogP contribution >= 0.6 is 0 Å². The molecule has 0 saturated heterocycles. The summed E-state index contributed by atoms with van der Waals surface area (Å²) in [5, 5.41) is 3.78. The minimum absolute atomic E-state index is 0.339. The van der Waals surface area contributed by atoms with Crippen LogP contribution in [0.5, 0.6) is 0 Å². The van der Waals surface area contributed by atoms with Gasteiger partial charge in [0.15, 0.2) is 6.10 Å². The normalized spacial score (nSPS) is 11.9. The minimum Gasteiger partial charge on any atom is -0.449 e. The molecule has 0 saturated carbocycles. The second kappa shape index (κ2) is 8.66. The van der Waals surface area contributed by atoms with E-state index in [2.05, 4.69) is 10.3 Å². The number of H-pyrrole nitrogens is 1. The van der Waals surface area contributed by atoms with Gasteiger partial charge in [-0.05, 0) is 24.1 Å². The molecule has 0 spiro atoms. The molecular weight excluding hydrogens is 376 g/mol. The lowest BCUT2D eigenvalue weighted by molar-refractivity contribution is -0.129. The third-order valence-electron chi connectivity index (χ3n) is 5.01. The molecule has 150 valence electrons. The summed E-state index contributed by atoms with van der Waals surface area (Å²) >= 11 is 0. The maximum atomic E-state index is 12.9. The van der Waals surface area contributed by atoms with E-state index < -0.39 is 12.1 Å². The number of esters is 1. The van der Waals surface area contributed by atoms with Gasteiger partial charge in [-0.1, -0.05) is 78.9 Å². The van der Waals surface area contributed by atoms with Crippen molar-refractivity contribution in [3.8, 4) is 0 Å². The molecule has 0 bridgehead atoms. The SMILES string of the molecule is C[C@@H](OC(=O)c1c[nH]c2ccccc12)C(=O)NC(c1ccccc1)c1ccccc1. The molecule has 3 aromatic carbocycles. The third kappa shape index (κ3) is 4.10. The van der Waals surface area contributed by atoms with Gasteiger partial charge in [0.25, 0.3) is 5.91 Å². The first-order valence-corrected chi connectivity index (χ1v) is 9.81. The van der Waals surface area contributed by atoms with Crippen LogP contribution in [0.3, 0.4) is 0 Å². The number of carbonyl (C=O) groups is 2. The Balaban J connectivity index is 1.50. The van der Waals surface area contributed by atoms with Crippen molar-refractivity contribution in [3.63, 3.8) is 0 Å². The van der Waals surface area contributed by atoms with E-state index >= 15 is 0 Å². The molecule has 1 heterocycles. The molecule has 0 unspecified atom stereocenters. The van der Waals surface area contributed by atoms with E-state index in [0.29, 0.717) is 5.56 Å². The number of aromatic amines is 1. The summed E-state index contributed by atoms with van der Waals surface area (Å²) in [6, 6.07) is 26.5. The predicted molar refractivity (Wildman–Crippen MR) is 116 cm³/mol. The van der Waals surface area contributed by atoms with Crippen molar-refractivity contribution in [2.24, 2.45) is 0 Å². The minimum atomic E-state index is -0.943. The summed E-state index contributed by atoms with van der Waals surface area (Å²) in [5.74, 6) is -0.896. The van der Waals surface area contributed by atoms with Crippen LogP contribution in [0, 0.1) is 0 Å². The summed E-state index contributed by atoms with van der Waals surface area (Å²) < 4.78 is 5.47. The van der Waals surface area contributed by atoms with Gasteiger partial charge in [0.2, 0.25) is 0 Å². The number of hydrogen-bond donors (Lipinski definition) is 2. The van der Waals surface area contributed by atoms with Gasteiger partial charge >= 0.3 is 5.97 Å². The number of hydrogen-bond acceptors (Lipinski definition) is 3. The average molecular weight is 398 g/mol. The topological polar surface area (TPSA) is 71.2 Å². The monoisotopic (exact) mass is 398 g/mol. The van der Waals surface area contributed by atoms with Crippen LogP contribution in [0.4, 0.5) is 0 Å². The molecule has 30 heavy (non-hydrogen) atoms. The average Bonchev–Trinajstić information content (AvgIpc) is 3.23. The summed E-state index contributed by atoms with van der Waals surface area (Å²) in [6.45, 7) is 1.58. The van der Waals surface area contributed by atoms with E-state index in [0.717, 1.165) is 22.0 Å². The highest BCUT2D eigenvalue weighted by atomic mass is 16.5. The summed E-state index contributed by atoms with van der Waals surface area (Å²) in [5.41, 5.74) is 3.15. The second-order valence-electron chi connectivity index (χ2n) is 7.06. The van der Waals surface area contributed by atoms with Crippen LogP contribution in [0.1, 0.15) is 34.5 Å². The lowest BCUT2D eigenvalue weighted by atomic mass is 9.98. The van der Waals surface area contributed by atoms with Gasteiger partial charge in [-0.15, -0.1) is 0 Å². The van der Waals surface area contributed by atoms with E-state index in [1.54, 1.807) is 13.1 Å². The van der Waals surface area contributed by atoms with Gasteiger partial charge in [0.1, 0.15) is 0 Å². The van der Waals surface area contributed by atoms with Gasteiger partial charge in [0, 0.05) is 17.1 Å². The third-order valence-corrected chi connectivity index (χ3v) is 5.01. The Kier molecular flexibility index (Phi) is 5.61. The van der Waals surface area contributed by atoms with Gasteiger partial charge in [-0.25, -0.2) is 4.79 Å². The standard InChI is InChI=1S/C25H22N2O3/c1-17(30-25(29)21-16-26-22-15-9-8-14-20(21)22)24(28)27-23(18-10-4-2-5-11-18)19-12-6-3-7-13-19/h2-17,23,26H,1H3,(H,27,28)/t17-/m1/s1. The van der Waals surface area contributed by atoms with Crippen LogP contribution in [-0.4, -0.2) is 23.0 Å². The first kappa shape index (κ1) is 19.5. The Morgan fingerprint density at radius 3 is 2.03 bits per heavy atom. The largest absolute Gasteiger partial charge is 0.449 e. The zero-order valence-electron chi connectivity index (χ0n) is 16.5. The molecule has 0 fully saturated rings. The van der Waals surface area contributed by atoms with Gasteiger partial charge in [0.05, 0.1) is 11.6 Å². The lowest BCUT2D eigenvalue weighted by Crippen LogP contribution is -2.38. The summed E-state index contributed by atoms with van der Waals surface area (Å²) in [4.78, 5) is 28.6. The smallest absolute Gasteiger partial charge is 0.341 e. The molecule has 1 aromatic heterocycles. The fraction of sp³-hybridized carbons (Fsp3) is 0.120. The lowest BCUT2D eigenvalue weighted by Gasteiger charge is -2.22. The quantitative estimate of drug-likeness (QED) is 0.466. The molecule has 0 aliphatic rings. The number of nitrogens with one attached hydrogen (secondary N) is 2. The van der Waals surface area contributed by atoms with Crippen molar-refractivity contribution >= 4 is 22.8 Å². The predicted octanol–water partition coefficient (Wildman–Crippen LogP) is 4.62. The highest BCUT2D eigenvalue weighted by Crippen LogP contribution is 2.23. The van der Waals surface area contributed by atoms with Gasteiger partial charge in [-0.3, -0.25) is 4.79 Å². The first-order chi connectivity index (χ1) is 14.6. The number of aromatic nitrogens is 1. The van der Waals surface area contributed by atoms with Crippen LogP contribution < -0.4 is 5.32 Å². The van der Waals surface area contributed by atoms with E-state index in [9.17, 15) is 9.59 Å². The van der Waals surface area contributed by atoms with E-state index in [-0.39, 0.29) is 11.9 Å². The number of rotatable bonds is 6. The molecule has 5 nitrogen and oxygen atoms in total. The number of amides is 1. The number of benzene rings is 3. The Hall–Kier alpha value is -3.86. The molecule has 0 aliphatic heterocycles. The van der Waals surface area contributed by atoms with Crippen LogP contribution in [-0.2, 0) is 9.53 Å². The fourth-order valence-corrected chi connectivity index (χ4v) is 3.43. The Bertz CT molecular complexity index is 1110. The maximum Gasteiger partial charge on any atom is 0.341 e. The molecule has 4 rings (SSSR count). The fourth-order valence-electron chi connectivity index (χ4n) is 3.43. The van der Waals surface area contributed by atoms with E-state index in [4.69, 9.17) is 4.74 Å². The van der Waals surface area contributed by atoms with E-state index in [1.165, 1.54) is 0 Å². The van der Waals surface area contributed by atoms with E-state index in [1.807, 2.05) is 84.9 Å². The molecule has 5 heteroatoms. The molecule has 0 aliphatic carbocycles. The zero-order chi connectivity index (χ0) is 20.9. The summed E-state index contributed by atoms with van der Waals surface area (Å²) in [6.07, 6.45) is 0.662. The molecule has 4 aromatic rings.